The smallest absolute Gasteiger partial charge is 0.407 e. The molecule has 1 aromatic heterocycles. The Kier molecular flexibility index (Phi) is 4.53. The van der Waals surface area contributed by atoms with Gasteiger partial charge in [0.1, 0.15) is 11.4 Å². The maximum absolute atomic E-state index is 12.3. The van der Waals surface area contributed by atoms with Crippen molar-refractivity contribution in [2.45, 2.75) is 38.7 Å². The number of ether oxygens (including phenoxy) is 2. The molecule has 1 N–H and O–H groups in total. The lowest BCUT2D eigenvalue weighted by molar-refractivity contribution is -0.615. The molecular weight excluding hydrogens is 320 g/mol. The van der Waals surface area contributed by atoms with Gasteiger partial charge in [-0.1, -0.05) is 18.2 Å². The summed E-state index contributed by atoms with van der Waals surface area (Å²) in [5.41, 5.74) is 0.934. The van der Waals surface area contributed by atoms with E-state index in [1.165, 1.54) is 6.20 Å². The van der Waals surface area contributed by atoms with Gasteiger partial charge in [-0.15, -0.1) is 0 Å². The molecule has 0 saturated carbocycles. The molecule has 1 aliphatic heterocycles. The van der Waals surface area contributed by atoms with Crippen LogP contribution in [0.25, 0.3) is 0 Å². The Balaban J connectivity index is 1.86. The number of nitrogens with zero attached hydrogens (tertiary/aromatic N) is 1. The van der Waals surface area contributed by atoms with Crippen molar-refractivity contribution in [3.8, 4) is 11.5 Å². The van der Waals surface area contributed by atoms with Crippen molar-refractivity contribution in [3.63, 3.8) is 0 Å². The molecule has 2 heterocycles. The highest BCUT2D eigenvalue weighted by molar-refractivity contribution is 5.67. The summed E-state index contributed by atoms with van der Waals surface area (Å²) in [6.45, 7) is 5.71. The molecule has 0 spiro atoms. The zero-order valence-corrected chi connectivity index (χ0v) is 14.6. The van der Waals surface area contributed by atoms with Crippen LogP contribution in [-0.4, -0.2) is 18.2 Å². The van der Waals surface area contributed by atoms with Gasteiger partial charge in [-0.2, -0.15) is 4.73 Å². The molecule has 0 fully saturated rings. The van der Waals surface area contributed by atoms with Crippen LogP contribution in [0.3, 0.4) is 0 Å². The van der Waals surface area contributed by atoms with Gasteiger partial charge in [0.2, 0.25) is 5.69 Å². The molecule has 132 valence electrons. The maximum Gasteiger partial charge on any atom is 0.407 e. The highest BCUT2D eigenvalue weighted by atomic mass is 16.6. The minimum Gasteiger partial charge on any atom is -0.618 e. The van der Waals surface area contributed by atoms with Crippen molar-refractivity contribution in [2.75, 3.05) is 6.54 Å². The molecular formula is C19H22N2O4. The molecule has 1 amide bonds. The highest BCUT2D eigenvalue weighted by Crippen LogP contribution is 2.37. The van der Waals surface area contributed by atoms with Crippen molar-refractivity contribution in [2.24, 2.45) is 0 Å². The second kappa shape index (κ2) is 6.63. The average Bonchev–Trinajstić information content (AvgIpc) is 2.68. The van der Waals surface area contributed by atoms with Crippen LogP contribution < -0.4 is 14.8 Å². The number of pyridine rings is 1. The molecule has 0 radical (unpaired) electrons. The van der Waals surface area contributed by atoms with E-state index in [2.05, 4.69) is 5.32 Å². The van der Waals surface area contributed by atoms with Gasteiger partial charge in [0.15, 0.2) is 11.9 Å². The van der Waals surface area contributed by atoms with Crippen LogP contribution in [0.15, 0.2) is 42.6 Å². The molecule has 25 heavy (non-hydrogen) atoms. The van der Waals surface area contributed by atoms with Crippen molar-refractivity contribution in [1.82, 2.24) is 5.32 Å². The summed E-state index contributed by atoms with van der Waals surface area (Å²) in [7, 11) is 0. The van der Waals surface area contributed by atoms with Gasteiger partial charge in [-0.3, -0.25) is 0 Å². The van der Waals surface area contributed by atoms with Crippen LogP contribution in [-0.2, 0) is 11.2 Å². The first-order valence-corrected chi connectivity index (χ1v) is 8.28. The second-order valence-corrected chi connectivity index (χ2v) is 7.08. The van der Waals surface area contributed by atoms with Gasteiger partial charge >= 0.3 is 6.09 Å². The van der Waals surface area contributed by atoms with E-state index in [1.54, 1.807) is 12.1 Å². The standard InChI is InChI=1S/C19H22N2O4/c1-19(2,3)25-18(22)20-12-14-11-13-7-4-5-8-15(13)24-16-9-6-10-21(23)17(14)16/h4-10,14H,11-12H2,1-3H3,(H,20,22). The van der Waals surface area contributed by atoms with Crippen molar-refractivity contribution < 1.29 is 19.0 Å². The van der Waals surface area contributed by atoms with Crippen LogP contribution in [0.1, 0.15) is 37.9 Å². The van der Waals surface area contributed by atoms with E-state index in [4.69, 9.17) is 9.47 Å². The number of para-hydroxylation sites is 1. The van der Waals surface area contributed by atoms with Crippen molar-refractivity contribution in [3.05, 3.63) is 59.1 Å². The van der Waals surface area contributed by atoms with E-state index < -0.39 is 11.7 Å². The number of benzene rings is 1. The second-order valence-electron chi connectivity index (χ2n) is 7.08. The van der Waals surface area contributed by atoms with Crippen LogP contribution in [0.5, 0.6) is 11.5 Å². The van der Waals surface area contributed by atoms with Gasteiger partial charge < -0.3 is 20.0 Å². The summed E-state index contributed by atoms with van der Waals surface area (Å²) in [5.74, 6) is 1.03. The third kappa shape index (κ3) is 4.02. The molecule has 1 unspecified atom stereocenters. The van der Waals surface area contributed by atoms with Crippen LogP contribution >= 0.6 is 0 Å². The minimum atomic E-state index is -0.570. The zero-order valence-electron chi connectivity index (χ0n) is 14.6. The number of hydrogen-bond acceptors (Lipinski definition) is 4. The molecule has 0 bridgehead atoms. The SMILES string of the molecule is CC(C)(C)OC(=O)NCC1Cc2ccccc2Oc2ccc[n+]([O-])c21. The Morgan fingerprint density at radius 3 is 2.76 bits per heavy atom. The summed E-state index contributed by atoms with van der Waals surface area (Å²) in [6, 6.07) is 11.1. The number of alkyl carbamates (subject to hydrolysis) is 1. The van der Waals surface area contributed by atoms with E-state index >= 15 is 0 Å². The summed E-state index contributed by atoms with van der Waals surface area (Å²) in [4.78, 5) is 12.0. The third-order valence-electron chi connectivity index (χ3n) is 3.90. The molecule has 6 heteroatoms. The predicted molar refractivity (Wildman–Crippen MR) is 92.6 cm³/mol. The molecule has 3 rings (SSSR count). The first-order chi connectivity index (χ1) is 11.8. The van der Waals surface area contributed by atoms with Gasteiger partial charge in [0.25, 0.3) is 0 Å². The van der Waals surface area contributed by atoms with Crippen molar-refractivity contribution in [1.29, 1.82) is 0 Å². The number of carbonyl (C=O) groups is 1. The fourth-order valence-electron chi connectivity index (χ4n) is 2.89. The minimum absolute atomic E-state index is 0.218. The average molecular weight is 342 g/mol. The summed E-state index contributed by atoms with van der Waals surface area (Å²) in [5, 5.41) is 15.1. The van der Waals surface area contributed by atoms with Crippen LogP contribution in [0.2, 0.25) is 0 Å². The number of hydrogen-bond donors (Lipinski definition) is 1. The van der Waals surface area contributed by atoms with Crippen LogP contribution in [0, 0.1) is 5.21 Å². The lowest BCUT2D eigenvalue weighted by Crippen LogP contribution is -2.39. The van der Waals surface area contributed by atoms with Gasteiger partial charge in [0.05, 0.1) is 5.92 Å². The molecule has 1 aromatic carbocycles. The van der Waals surface area contributed by atoms with E-state index in [1.807, 2.05) is 45.0 Å². The summed E-state index contributed by atoms with van der Waals surface area (Å²) >= 11 is 0. The Morgan fingerprint density at radius 2 is 2.00 bits per heavy atom. The van der Waals surface area contributed by atoms with Gasteiger partial charge in [-0.05, 0) is 44.9 Å². The number of rotatable bonds is 2. The Bertz CT molecular complexity index is 783. The highest BCUT2D eigenvalue weighted by Gasteiger charge is 2.31. The van der Waals surface area contributed by atoms with E-state index in [0.717, 1.165) is 16.0 Å². The first kappa shape index (κ1) is 17.1. The zero-order chi connectivity index (χ0) is 18.0. The first-order valence-electron chi connectivity index (χ1n) is 8.28. The normalized spacial score (nSPS) is 16.0. The third-order valence-corrected chi connectivity index (χ3v) is 3.90. The molecule has 0 aliphatic carbocycles. The fourth-order valence-corrected chi connectivity index (χ4v) is 2.89. The van der Waals surface area contributed by atoms with E-state index in [0.29, 0.717) is 17.9 Å². The van der Waals surface area contributed by atoms with E-state index in [-0.39, 0.29) is 12.5 Å². The molecule has 1 aliphatic rings. The monoisotopic (exact) mass is 342 g/mol. The number of aromatic nitrogens is 1. The van der Waals surface area contributed by atoms with E-state index in [9.17, 15) is 10.0 Å². The molecule has 0 saturated heterocycles. The van der Waals surface area contributed by atoms with Crippen molar-refractivity contribution >= 4 is 6.09 Å². The number of carbonyl (C=O) groups excluding carboxylic acids is 1. The van der Waals surface area contributed by atoms with Crippen LogP contribution in [0.4, 0.5) is 4.79 Å². The number of nitrogens with one attached hydrogen (secondary N) is 1. The molecule has 6 nitrogen and oxygen atoms in total. The summed E-state index contributed by atoms with van der Waals surface area (Å²) < 4.78 is 12.0. The largest absolute Gasteiger partial charge is 0.618 e. The number of amides is 1. The number of fused-ring (bicyclic) bond motifs is 2. The van der Waals surface area contributed by atoms with Gasteiger partial charge in [-0.25, -0.2) is 4.79 Å². The van der Waals surface area contributed by atoms with Gasteiger partial charge in [0, 0.05) is 12.6 Å². The Labute approximate surface area is 147 Å². The lowest BCUT2D eigenvalue weighted by atomic mass is 9.95. The quantitative estimate of drug-likeness (QED) is 0.671. The molecule has 1 atom stereocenters. The topological polar surface area (TPSA) is 74.5 Å². The summed E-state index contributed by atoms with van der Waals surface area (Å²) in [6.07, 6.45) is 1.53. The Hall–Kier alpha value is -2.76. The predicted octanol–water partition coefficient (Wildman–Crippen LogP) is 3.28. The maximum atomic E-state index is 12.3. The molecule has 2 aromatic rings. The fraction of sp³-hybridized carbons (Fsp3) is 0.368. The lowest BCUT2D eigenvalue weighted by Gasteiger charge is -2.21. The Morgan fingerprint density at radius 1 is 1.28 bits per heavy atom.